The van der Waals surface area contributed by atoms with Crippen LogP contribution in [0.2, 0.25) is 5.02 Å². The Morgan fingerprint density at radius 3 is 2.36 bits per heavy atom. The van der Waals surface area contributed by atoms with Gasteiger partial charge in [-0.1, -0.05) is 73.5 Å². The van der Waals surface area contributed by atoms with Crippen LogP contribution in [0.3, 0.4) is 0 Å². The molecule has 1 atom stereocenters. The lowest BCUT2D eigenvalue weighted by Gasteiger charge is -2.20. The van der Waals surface area contributed by atoms with Gasteiger partial charge < -0.3 is 5.32 Å². The molecule has 0 bridgehead atoms. The van der Waals surface area contributed by atoms with Crippen molar-refractivity contribution in [3.8, 4) is 5.69 Å². The Morgan fingerprint density at radius 1 is 1.08 bits per heavy atom. The predicted molar refractivity (Wildman–Crippen MR) is 103 cm³/mol. The molecule has 5 heteroatoms. The Bertz CT molecular complexity index is 878. The predicted octanol–water partition coefficient (Wildman–Crippen LogP) is 4.84. The Hall–Kier alpha value is -2.59. The van der Waals surface area contributed by atoms with Gasteiger partial charge in [-0.05, 0) is 24.1 Å². The van der Waals surface area contributed by atoms with Crippen LogP contribution < -0.4 is 10.9 Å². The molecule has 0 radical (unpaired) electrons. The molecule has 0 fully saturated rings. The molecular formula is C20H20ClN3O. The molecular weight excluding hydrogens is 334 g/mol. The molecule has 0 aliphatic carbocycles. The molecule has 1 heterocycles. The second-order valence-corrected chi connectivity index (χ2v) is 6.20. The summed E-state index contributed by atoms with van der Waals surface area (Å²) in [5, 5.41) is 7.80. The van der Waals surface area contributed by atoms with Crippen LogP contribution in [0.4, 0.5) is 5.69 Å². The molecule has 2 aromatic carbocycles. The lowest BCUT2D eigenvalue weighted by Crippen LogP contribution is -2.23. The highest BCUT2D eigenvalue weighted by Gasteiger charge is 2.15. The molecule has 0 spiro atoms. The Morgan fingerprint density at radius 2 is 1.72 bits per heavy atom. The van der Waals surface area contributed by atoms with Crippen LogP contribution in [0.25, 0.3) is 5.69 Å². The number of anilines is 1. The van der Waals surface area contributed by atoms with Crippen LogP contribution in [0, 0.1) is 0 Å². The van der Waals surface area contributed by atoms with E-state index in [1.54, 1.807) is 6.20 Å². The summed E-state index contributed by atoms with van der Waals surface area (Å²) in [6.07, 6.45) is 3.56. The van der Waals surface area contributed by atoms with Crippen LogP contribution in [0.5, 0.6) is 0 Å². The Kier molecular flexibility index (Phi) is 5.51. The number of nitrogens with zero attached hydrogens (tertiary/aromatic N) is 2. The molecule has 0 unspecified atom stereocenters. The van der Waals surface area contributed by atoms with Crippen LogP contribution in [0.15, 0.2) is 71.7 Å². The summed E-state index contributed by atoms with van der Waals surface area (Å²) in [7, 11) is 0. The van der Waals surface area contributed by atoms with Crippen molar-refractivity contribution in [3.05, 3.63) is 87.8 Å². The molecule has 3 aromatic rings. The molecule has 4 nitrogen and oxygen atoms in total. The van der Waals surface area contributed by atoms with E-state index in [-0.39, 0.29) is 16.6 Å². The number of rotatable bonds is 6. The molecule has 0 aliphatic heterocycles. The number of para-hydroxylation sites is 1. The minimum absolute atomic E-state index is 0.0810. The first kappa shape index (κ1) is 17.2. The molecule has 25 heavy (non-hydrogen) atoms. The first-order valence-electron chi connectivity index (χ1n) is 8.35. The van der Waals surface area contributed by atoms with E-state index in [2.05, 4.69) is 29.5 Å². The highest BCUT2D eigenvalue weighted by molar-refractivity contribution is 6.33. The lowest BCUT2D eigenvalue weighted by molar-refractivity contribution is 0.675. The maximum atomic E-state index is 12.6. The van der Waals surface area contributed by atoms with Crippen molar-refractivity contribution in [2.75, 3.05) is 5.32 Å². The van der Waals surface area contributed by atoms with Gasteiger partial charge in [-0.15, -0.1) is 0 Å². The van der Waals surface area contributed by atoms with Gasteiger partial charge in [0.1, 0.15) is 5.02 Å². The molecule has 0 amide bonds. The highest BCUT2D eigenvalue weighted by atomic mass is 35.5. The second-order valence-electron chi connectivity index (χ2n) is 5.82. The molecule has 1 aromatic heterocycles. The zero-order chi connectivity index (χ0) is 17.6. The third kappa shape index (κ3) is 3.91. The van der Waals surface area contributed by atoms with E-state index in [1.165, 1.54) is 4.68 Å². The van der Waals surface area contributed by atoms with Gasteiger partial charge in [0.15, 0.2) is 0 Å². The third-order valence-electron chi connectivity index (χ3n) is 4.03. The van der Waals surface area contributed by atoms with Crippen molar-refractivity contribution in [3.63, 3.8) is 0 Å². The average Bonchev–Trinajstić information content (AvgIpc) is 2.66. The van der Waals surface area contributed by atoms with Crippen molar-refractivity contribution in [2.45, 2.75) is 25.8 Å². The van der Waals surface area contributed by atoms with E-state index < -0.39 is 0 Å². The number of hydrogen-bond acceptors (Lipinski definition) is 3. The lowest BCUT2D eigenvalue weighted by atomic mass is 10.0. The fourth-order valence-corrected chi connectivity index (χ4v) is 2.95. The number of nitrogens with one attached hydrogen (secondary N) is 1. The quantitative estimate of drug-likeness (QED) is 0.689. The van der Waals surface area contributed by atoms with E-state index in [4.69, 9.17) is 11.6 Å². The maximum absolute atomic E-state index is 12.6. The van der Waals surface area contributed by atoms with Gasteiger partial charge in [0.2, 0.25) is 0 Å². The smallest absolute Gasteiger partial charge is 0.292 e. The van der Waals surface area contributed by atoms with Crippen LogP contribution in [-0.4, -0.2) is 9.78 Å². The molecule has 0 saturated carbocycles. The summed E-state index contributed by atoms with van der Waals surface area (Å²) in [4.78, 5) is 12.6. The van der Waals surface area contributed by atoms with Gasteiger partial charge in [-0.25, -0.2) is 0 Å². The van der Waals surface area contributed by atoms with Crippen LogP contribution in [0.1, 0.15) is 31.4 Å². The average molecular weight is 354 g/mol. The maximum Gasteiger partial charge on any atom is 0.292 e. The van der Waals surface area contributed by atoms with Crippen LogP contribution >= 0.6 is 11.6 Å². The van der Waals surface area contributed by atoms with Gasteiger partial charge in [0.25, 0.3) is 5.56 Å². The minimum Gasteiger partial charge on any atom is -0.376 e. The van der Waals surface area contributed by atoms with Gasteiger partial charge >= 0.3 is 0 Å². The van der Waals surface area contributed by atoms with Gasteiger partial charge in [-0.2, -0.15) is 9.78 Å². The number of hydrogen-bond donors (Lipinski definition) is 1. The summed E-state index contributed by atoms with van der Waals surface area (Å²) in [5.74, 6) is 0. The number of aromatic nitrogens is 2. The van der Waals surface area contributed by atoms with Crippen LogP contribution in [-0.2, 0) is 0 Å². The summed E-state index contributed by atoms with van der Waals surface area (Å²) < 4.78 is 1.31. The summed E-state index contributed by atoms with van der Waals surface area (Å²) in [6, 6.07) is 19.5. The molecule has 1 N–H and O–H groups in total. The second kappa shape index (κ2) is 7.99. The molecule has 3 rings (SSSR count). The third-order valence-corrected chi connectivity index (χ3v) is 4.39. The summed E-state index contributed by atoms with van der Waals surface area (Å²) in [6.45, 7) is 2.13. The largest absolute Gasteiger partial charge is 0.376 e. The zero-order valence-corrected chi connectivity index (χ0v) is 14.8. The fraction of sp³-hybridized carbons (Fsp3) is 0.200. The van der Waals surface area contributed by atoms with Gasteiger partial charge in [0.05, 0.1) is 23.6 Å². The number of benzene rings is 2. The Balaban J connectivity index is 1.92. The van der Waals surface area contributed by atoms with Crippen molar-refractivity contribution in [1.29, 1.82) is 0 Å². The van der Waals surface area contributed by atoms with Crippen molar-refractivity contribution in [1.82, 2.24) is 9.78 Å². The summed E-state index contributed by atoms with van der Waals surface area (Å²) >= 11 is 6.34. The normalized spacial score (nSPS) is 11.9. The summed E-state index contributed by atoms with van der Waals surface area (Å²) in [5.41, 5.74) is 2.07. The topological polar surface area (TPSA) is 46.9 Å². The van der Waals surface area contributed by atoms with E-state index in [0.717, 1.165) is 18.4 Å². The number of halogens is 1. The first-order chi connectivity index (χ1) is 12.2. The molecule has 0 saturated heterocycles. The van der Waals surface area contributed by atoms with E-state index in [0.29, 0.717) is 11.4 Å². The van der Waals surface area contributed by atoms with E-state index in [1.807, 2.05) is 48.5 Å². The van der Waals surface area contributed by atoms with Crippen molar-refractivity contribution < 1.29 is 0 Å². The molecule has 128 valence electrons. The monoisotopic (exact) mass is 353 g/mol. The van der Waals surface area contributed by atoms with Gasteiger partial charge in [0, 0.05) is 0 Å². The fourth-order valence-electron chi connectivity index (χ4n) is 2.77. The van der Waals surface area contributed by atoms with Gasteiger partial charge in [-0.3, -0.25) is 4.79 Å². The highest BCUT2D eigenvalue weighted by Crippen LogP contribution is 2.26. The van der Waals surface area contributed by atoms with Crippen molar-refractivity contribution >= 4 is 17.3 Å². The molecule has 0 aliphatic rings. The SMILES string of the molecule is CCC[C@@H](Nc1cnn(-c2ccccc2)c(=O)c1Cl)c1ccccc1. The van der Waals surface area contributed by atoms with Crippen molar-refractivity contribution in [2.24, 2.45) is 0 Å². The standard InChI is InChI=1S/C20H20ClN3O/c1-2-9-17(15-10-5-3-6-11-15)23-18-14-22-24(20(25)19(18)21)16-12-7-4-8-13-16/h3-8,10-14,17,23H,2,9H2,1H3/t17-/m1/s1. The first-order valence-corrected chi connectivity index (χ1v) is 8.73. The zero-order valence-electron chi connectivity index (χ0n) is 14.0. The minimum atomic E-state index is -0.332. The van der Waals surface area contributed by atoms with E-state index >= 15 is 0 Å². The van der Waals surface area contributed by atoms with E-state index in [9.17, 15) is 4.79 Å². The Labute approximate surface area is 152 Å².